The van der Waals surface area contributed by atoms with Crippen molar-refractivity contribution in [3.05, 3.63) is 65.5 Å². The zero-order valence-corrected chi connectivity index (χ0v) is 12.7. The highest BCUT2D eigenvalue weighted by atomic mass is 32.2. The number of rotatable bonds is 6. The molecule has 2 rings (SSSR count). The number of thioether (sulfide) groups is 1. The summed E-state index contributed by atoms with van der Waals surface area (Å²) >= 11 is 1.55. The molecule has 2 aromatic carbocycles. The molecule has 0 bridgehead atoms. The molecule has 0 amide bonds. The van der Waals surface area contributed by atoms with Crippen LogP contribution in [-0.2, 0) is 6.42 Å². The van der Waals surface area contributed by atoms with E-state index in [2.05, 4.69) is 36.5 Å². The van der Waals surface area contributed by atoms with Crippen LogP contribution in [0.25, 0.3) is 0 Å². The summed E-state index contributed by atoms with van der Waals surface area (Å²) in [5.41, 5.74) is 2.59. The molecule has 1 N–H and O–H groups in total. The maximum absolute atomic E-state index is 13.6. The van der Waals surface area contributed by atoms with Crippen LogP contribution in [0.15, 0.2) is 53.4 Å². The number of hydrogen-bond acceptors (Lipinski definition) is 2. The average molecular weight is 289 g/mol. The van der Waals surface area contributed by atoms with Crippen molar-refractivity contribution in [2.75, 3.05) is 12.8 Å². The zero-order chi connectivity index (χ0) is 14.4. The molecule has 0 radical (unpaired) electrons. The lowest BCUT2D eigenvalue weighted by atomic mass is 10.0. The van der Waals surface area contributed by atoms with Crippen molar-refractivity contribution in [3.63, 3.8) is 0 Å². The maximum Gasteiger partial charge on any atom is 0.136 e. The average Bonchev–Trinajstić information content (AvgIpc) is 2.50. The Morgan fingerprint density at radius 1 is 1.15 bits per heavy atom. The van der Waals surface area contributed by atoms with Gasteiger partial charge in [0.1, 0.15) is 5.82 Å². The molecule has 106 valence electrons. The van der Waals surface area contributed by atoms with E-state index in [-0.39, 0.29) is 11.9 Å². The molecule has 1 nitrogen and oxygen atoms in total. The van der Waals surface area contributed by atoms with Crippen LogP contribution in [0.1, 0.15) is 24.1 Å². The minimum atomic E-state index is -0.144. The lowest BCUT2D eigenvalue weighted by Crippen LogP contribution is -2.18. The van der Waals surface area contributed by atoms with E-state index in [1.807, 2.05) is 19.2 Å². The zero-order valence-electron chi connectivity index (χ0n) is 11.9. The van der Waals surface area contributed by atoms with E-state index in [0.717, 1.165) is 12.2 Å². The van der Waals surface area contributed by atoms with Crippen molar-refractivity contribution >= 4 is 11.8 Å². The molecule has 0 aliphatic rings. The Bertz CT molecular complexity index is 556. The highest BCUT2D eigenvalue weighted by Gasteiger charge is 2.11. The third-order valence-electron chi connectivity index (χ3n) is 3.35. The van der Waals surface area contributed by atoms with Gasteiger partial charge in [0.15, 0.2) is 0 Å². The molecule has 0 aromatic heterocycles. The summed E-state index contributed by atoms with van der Waals surface area (Å²) in [4.78, 5) is 0.708. The van der Waals surface area contributed by atoms with Crippen LogP contribution in [0.4, 0.5) is 4.39 Å². The first-order valence-corrected chi connectivity index (χ1v) is 7.86. The monoisotopic (exact) mass is 289 g/mol. The van der Waals surface area contributed by atoms with Gasteiger partial charge in [-0.1, -0.05) is 43.3 Å². The number of aryl methyl sites for hydroxylation is 1. The number of benzene rings is 2. The Morgan fingerprint density at radius 2 is 1.95 bits per heavy atom. The fourth-order valence-corrected chi connectivity index (χ4v) is 3.20. The summed E-state index contributed by atoms with van der Waals surface area (Å²) in [5, 5.41) is 3.32. The van der Waals surface area contributed by atoms with Gasteiger partial charge in [-0.3, -0.25) is 0 Å². The van der Waals surface area contributed by atoms with Crippen molar-refractivity contribution in [3.8, 4) is 0 Å². The molecule has 0 heterocycles. The van der Waals surface area contributed by atoms with E-state index in [1.165, 1.54) is 17.2 Å². The first-order valence-electron chi connectivity index (χ1n) is 6.88. The maximum atomic E-state index is 13.6. The van der Waals surface area contributed by atoms with Crippen molar-refractivity contribution in [1.82, 2.24) is 5.32 Å². The van der Waals surface area contributed by atoms with Gasteiger partial charge in [-0.15, -0.1) is 11.8 Å². The van der Waals surface area contributed by atoms with E-state index in [4.69, 9.17) is 0 Å². The molecule has 0 fully saturated rings. The third kappa shape index (κ3) is 3.84. The molecule has 0 spiro atoms. The predicted molar refractivity (Wildman–Crippen MR) is 84.7 cm³/mol. The van der Waals surface area contributed by atoms with Gasteiger partial charge in [0.05, 0.1) is 0 Å². The van der Waals surface area contributed by atoms with Crippen molar-refractivity contribution in [2.24, 2.45) is 0 Å². The number of hydrogen-bond donors (Lipinski definition) is 1. The van der Waals surface area contributed by atoms with Crippen LogP contribution in [-0.4, -0.2) is 12.8 Å². The summed E-state index contributed by atoms with van der Waals surface area (Å²) in [6.07, 6.45) is 1.03. The second-order valence-corrected chi connectivity index (χ2v) is 5.74. The van der Waals surface area contributed by atoms with Gasteiger partial charge in [-0.2, -0.15) is 0 Å². The first kappa shape index (κ1) is 15.1. The Balaban J connectivity index is 2.07. The number of halogens is 1. The lowest BCUT2D eigenvalue weighted by molar-refractivity contribution is 0.601. The van der Waals surface area contributed by atoms with Crippen LogP contribution in [0.2, 0.25) is 0 Å². The van der Waals surface area contributed by atoms with Gasteiger partial charge < -0.3 is 5.32 Å². The third-order valence-corrected chi connectivity index (χ3v) is 4.49. The Hall–Kier alpha value is -1.32. The van der Waals surface area contributed by atoms with Crippen LogP contribution in [0.5, 0.6) is 0 Å². The van der Waals surface area contributed by atoms with Gasteiger partial charge in [-0.05, 0) is 36.7 Å². The molecule has 0 saturated heterocycles. The fraction of sp³-hybridized carbons (Fsp3) is 0.294. The van der Waals surface area contributed by atoms with Crippen LogP contribution < -0.4 is 5.32 Å². The Kier molecular flexibility index (Phi) is 5.62. The van der Waals surface area contributed by atoms with E-state index in [0.29, 0.717) is 4.90 Å². The van der Waals surface area contributed by atoms with E-state index in [1.54, 1.807) is 17.8 Å². The van der Waals surface area contributed by atoms with Crippen molar-refractivity contribution in [2.45, 2.75) is 24.3 Å². The Morgan fingerprint density at radius 3 is 2.65 bits per heavy atom. The van der Waals surface area contributed by atoms with Gasteiger partial charge in [0, 0.05) is 16.7 Å². The second-order valence-electron chi connectivity index (χ2n) is 4.68. The van der Waals surface area contributed by atoms with E-state index < -0.39 is 0 Å². The van der Waals surface area contributed by atoms with Gasteiger partial charge in [0.2, 0.25) is 0 Å². The molecule has 20 heavy (non-hydrogen) atoms. The molecule has 0 saturated carbocycles. The van der Waals surface area contributed by atoms with Gasteiger partial charge in [0.25, 0.3) is 0 Å². The molecule has 0 aliphatic heterocycles. The molecular formula is C17H20FNS. The highest BCUT2D eigenvalue weighted by molar-refractivity contribution is 7.99. The highest BCUT2D eigenvalue weighted by Crippen LogP contribution is 2.27. The predicted octanol–water partition coefficient (Wildman–Crippen LogP) is 4.44. The van der Waals surface area contributed by atoms with Crippen LogP contribution in [0, 0.1) is 5.82 Å². The summed E-state index contributed by atoms with van der Waals surface area (Å²) in [5.74, 6) is 0.666. The summed E-state index contributed by atoms with van der Waals surface area (Å²) < 4.78 is 13.6. The molecule has 3 heteroatoms. The van der Waals surface area contributed by atoms with Crippen molar-refractivity contribution < 1.29 is 4.39 Å². The smallest absolute Gasteiger partial charge is 0.136 e. The quantitative estimate of drug-likeness (QED) is 0.789. The first-order chi connectivity index (χ1) is 9.74. The molecule has 0 aliphatic carbocycles. The van der Waals surface area contributed by atoms with Crippen molar-refractivity contribution in [1.29, 1.82) is 0 Å². The molecule has 1 unspecified atom stereocenters. The SMILES string of the molecule is CCc1cccc(C(CSc2ccccc2F)NC)c1. The van der Waals surface area contributed by atoms with Gasteiger partial charge >= 0.3 is 0 Å². The number of nitrogens with one attached hydrogen (secondary N) is 1. The molecule has 1 atom stereocenters. The van der Waals surface area contributed by atoms with Gasteiger partial charge in [-0.25, -0.2) is 4.39 Å². The normalized spacial score (nSPS) is 12.3. The summed E-state index contributed by atoms with van der Waals surface area (Å²) in [6.45, 7) is 2.15. The fourth-order valence-electron chi connectivity index (χ4n) is 2.11. The van der Waals surface area contributed by atoms with E-state index in [9.17, 15) is 4.39 Å². The van der Waals surface area contributed by atoms with Crippen LogP contribution >= 0.6 is 11.8 Å². The van der Waals surface area contributed by atoms with Crippen LogP contribution in [0.3, 0.4) is 0 Å². The van der Waals surface area contributed by atoms with E-state index >= 15 is 0 Å². The molecular weight excluding hydrogens is 269 g/mol. The minimum Gasteiger partial charge on any atom is -0.312 e. The minimum absolute atomic E-state index is 0.144. The summed E-state index contributed by atoms with van der Waals surface area (Å²) in [7, 11) is 1.95. The topological polar surface area (TPSA) is 12.0 Å². The molecule has 2 aromatic rings. The standard InChI is InChI=1S/C17H20FNS/c1-3-13-7-6-8-14(11-13)16(19-2)12-20-17-10-5-4-9-15(17)18/h4-11,16,19H,3,12H2,1-2H3. The second kappa shape index (κ2) is 7.46. The largest absolute Gasteiger partial charge is 0.312 e. The lowest BCUT2D eigenvalue weighted by Gasteiger charge is -2.17. The summed E-state index contributed by atoms with van der Waals surface area (Å²) in [6, 6.07) is 15.7. The Labute approximate surface area is 124 Å².